The fourth-order valence-corrected chi connectivity index (χ4v) is 1.85. The number of nitrogens with zero attached hydrogens (tertiary/aromatic N) is 2. The van der Waals surface area contributed by atoms with Crippen molar-refractivity contribution < 1.29 is 9.59 Å². The van der Waals surface area contributed by atoms with Crippen LogP contribution in [0.15, 0.2) is 48.7 Å². The molecule has 0 fully saturated rings. The largest absolute Gasteiger partial charge is 0.289 e. The molecule has 0 saturated carbocycles. The molecule has 0 bridgehead atoms. The minimum absolute atomic E-state index is 0.179. The molecule has 4 heteroatoms. The zero-order chi connectivity index (χ0) is 11.8. The van der Waals surface area contributed by atoms with Gasteiger partial charge in [-0.1, -0.05) is 18.2 Å². The summed E-state index contributed by atoms with van der Waals surface area (Å²) in [6.07, 6.45) is 4.00. The summed E-state index contributed by atoms with van der Waals surface area (Å²) >= 11 is 0. The Morgan fingerprint density at radius 2 is 1.65 bits per heavy atom. The first kappa shape index (κ1) is 9.72. The van der Waals surface area contributed by atoms with Crippen LogP contribution in [-0.2, 0) is 0 Å². The maximum absolute atomic E-state index is 11.8. The number of aromatic nitrogens is 2. The maximum Gasteiger partial charge on any atom is 0.205 e. The summed E-state index contributed by atoms with van der Waals surface area (Å²) in [5.74, 6) is -0.372. The number of rotatable bonds is 1. The van der Waals surface area contributed by atoms with Gasteiger partial charge in [0.15, 0.2) is 5.78 Å². The van der Waals surface area contributed by atoms with Crippen molar-refractivity contribution in [2.45, 2.75) is 0 Å². The highest BCUT2D eigenvalue weighted by atomic mass is 16.1. The van der Waals surface area contributed by atoms with Crippen LogP contribution in [0, 0.1) is 0 Å². The van der Waals surface area contributed by atoms with Crippen molar-refractivity contribution in [3.05, 3.63) is 59.9 Å². The summed E-state index contributed by atoms with van der Waals surface area (Å²) in [7, 11) is 0. The molecule has 0 saturated heterocycles. The van der Waals surface area contributed by atoms with Gasteiger partial charge in [0.25, 0.3) is 0 Å². The number of hydrogen-bond acceptors (Lipinski definition) is 3. The molecule has 3 rings (SSSR count). The molecule has 2 aromatic rings. The molecule has 1 aliphatic carbocycles. The van der Waals surface area contributed by atoms with Gasteiger partial charge in [0.2, 0.25) is 5.78 Å². The van der Waals surface area contributed by atoms with Crippen LogP contribution in [0.3, 0.4) is 0 Å². The first-order valence-electron chi connectivity index (χ1n) is 5.17. The topological polar surface area (TPSA) is 52.0 Å². The van der Waals surface area contributed by atoms with Gasteiger partial charge in [-0.2, -0.15) is 5.10 Å². The van der Waals surface area contributed by atoms with Gasteiger partial charge in [0.05, 0.1) is 17.4 Å². The zero-order valence-corrected chi connectivity index (χ0v) is 8.83. The minimum Gasteiger partial charge on any atom is -0.289 e. The Balaban J connectivity index is 2.23. The van der Waals surface area contributed by atoms with E-state index in [1.165, 1.54) is 23.0 Å². The quantitative estimate of drug-likeness (QED) is 0.742. The normalized spacial score (nSPS) is 13.9. The summed E-state index contributed by atoms with van der Waals surface area (Å²) in [6.45, 7) is 0. The van der Waals surface area contributed by atoms with Crippen LogP contribution in [0.4, 0.5) is 0 Å². The molecule has 1 aromatic heterocycles. The average Bonchev–Trinajstić information content (AvgIpc) is 2.81. The predicted octanol–water partition coefficient (Wildman–Crippen LogP) is 1.81. The van der Waals surface area contributed by atoms with Crippen LogP contribution in [0.1, 0.15) is 20.8 Å². The first-order valence-corrected chi connectivity index (χ1v) is 5.17. The van der Waals surface area contributed by atoms with Crippen molar-refractivity contribution in [2.75, 3.05) is 0 Å². The predicted molar refractivity (Wildman–Crippen MR) is 61.4 cm³/mol. The van der Waals surface area contributed by atoms with Crippen molar-refractivity contribution in [3.8, 4) is 5.69 Å². The lowest BCUT2D eigenvalue weighted by molar-refractivity contribution is 0.0990. The van der Waals surface area contributed by atoms with Gasteiger partial charge in [0.1, 0.15) is 5.69 Å². The van der Waals surface area contributed by atoms with E-state index in [1.807, 2.05) is 30.3 Å². The van der Waals surface area contributed by atoms with Gasteiger partial charge in [-0.3, -0.25) is 9.59 Å². The van der Waals surface area contributed by atoms with Crippen LogP contribution in [-0.4, -0.2) is 21.3 Å². The van der Waals surface area contributed by atoms with Crippen molar-refractivity contribution in [2.24, 2.45) is 0 Å². The highest BCUT2D eigenvalue weighted by Crippen LogP contribution is 2.19. The molecule has 1 aliphatic rings. The number of hydrogen-bond donors (Lipinski definition) is 0. The summed E-state index contributed by atoms with van der Waals surface area (Å²) in [5, 5.41) is 4.10. The van der Waals surface area contributed by atoms with E-state index in [4.69, 9.17) is 0 Å². The molecular weight excluding hydrogens is 216 g/mol. The fraction of sp³-hybridized carbons (Fsp3) is 0. The van der Waals surface area contributed by atoms with E-state index in [0.717, 1.165) is 5.69 Å². The number of para-hydroxylation sites is 1. The number of benzene rings is 1. The zero-order valence-electron chi connectivity index (χ0n) is 8.83. The third-order valence-electron chi connectivity index (χ3n) is 2.65. The second-order valence-corrected chi connectivity index (χ2v) is 3.72. The van der Waals surface area contributed by atoms with Gasteiger partial charge >= 0.3 is 0 Å². The van der Waals surface area contributed by atoms with Gasteiger partial charge in [0, 0.05) is 0 Å². The molecular formula is C13H8N2O2. The molecule has 1 heterocycles. The van der Waals surface area contributed by atoms with Crippen LogP contribution in [0.25, 0.3) is 5.69 Å². The lowest BCUT2D eigenvalue weighted by atomic mass is 10.0. The molecule has 0 atom stereocenters. The number of fused-ring (bicyclic) bond motifs is 1. The molecule has 0 amide bonds. The molecule has 0 spiro atoms. The molecule has 0 N–H and O–H groups in total. The van der Waals surface area contributed by atoms with E-state index in [2.05, 4.69) is 5.10 Å². The number of ketones is 2. The van der Waals surface area contributed by atoms with Gasteiger partial charge < -0.3 is 0 Å². The van der Waals surface area contributed by atoms with E-state index >= 15 is 0 Å². The molecule has 0 radical (unpaired) electrons. The molecule has 0 unspecified atom stereocenters. The van der Waals surface area contributed by atoms with Gasteiger partial charge in [-0.05, 0) is 24.3 Å². The van der Waals surface area contributed by atoms with E-state index < -0.39 is 0 Å². The molecule has 4 nitrogen and oxygen atoms in total. The van der Waals surface area contributed by atoms with E-state index in [-0.39, 0.29) is 11.6 Å². The Hall–Kier alpha value is -2.49. The number of carbonyl (C=O) groups is 2. The highest BCUT2D eigenvalue weighted by molar-refractivity contribution is 6.21. The molecule has 82 valence electrons. The third-order valence-corrected chi connectivity index (χ3v) is 2.65. The Kier molecular flexibility index (Phi) is 2.01. The highest BCUT2D eigenvalue weighted by Gasteiger charge is 2.24. The van der Waals surface area contributed by atoms with Crippen molar-refractivity contribution >= 4 is 11.6 Å². The van der Waals surface area contributed by atoms with E-state index in [9.17, 15) is 9.59 Å². The first-order chi connectivity index (χ1) is 8.27. The van der Waals surface area contributed by atoms with Crippen LogP contribution < -0.4 is 0 Å². The van der Waals surface area contributed by atoms with Crippen molar-refractivity contribution in [3.63, 3.8) is 0 Å². The summed E-state index contributed by atoms with van der Waals surface area (Å²) in [5.41, 5.74) is 1.47. The second-order valence-electron chi connectivity index (χ2n) is 3.72. The van der Waals surface area contributed by atoms with Crippen LogP contribution in [0.5, 0.6) is 0 Å². The van der Waals surface area contributed by atoms with Crippen LogP contribution >= 0.6 is 0 Å². The van der Waals surface area contributed by atoms with E-state index in [0.29, 0.717) is 11.3 Å². The monoisotopic (exact) mass is 224 g/mol. The lowest BCUT2D eigenvalue weighted by Crippen LogP contribution is -2.14. The Bertz CT molecular complexity index is 639. The Morgan fingerprint density at radius 1 is 0.941 bits per heavy atom. The third kappa shape index (κ3) is 1.42. The van der Waals surface area contributed by atoms with Gasteiger partial charge in [-0.15, -0.1) is 0 Å². The minimum atomic E-state index is -0.194. The molecule has 0 aliphatic heterocycles. The van der Waals surface area contributed by atoms with Crippen molar-refractivity contribution in [1.29, 1.82) is 0 Å². The fourth-order valence-electron chi connectivity index (χ4n) is 1.85. The summed E-state index contributed by atoms with van der Waals surface area (Å²) in [6, 6.07) is 9.27. The Morgan fingerprint density at radius 3 is 2.41 bits per heavy atom. The SMILES string of the molecule is O=C1C=CC(=O)c2c1cnn2-c1ccccc1. The number of allylic oxidation sites excluding steroid dienone is 2. The summed E-state index contributed by atoms with van der Waals surface area (Å²) < 4.78 is 1.50. The average molecular weight is 224 g/mol. The molecule has 1 aromatic carbocycles. The second kappa shape index (κ2) is 3.52. The van der Waals surface area contributed by atoms with Crippen molar-refractivity contribution in [1.82, 2.24) is 9.78 Å². The molecule has 17 heavy (non-hydrogen) atoms. The Labute approximate surface area is 97.2 Å². The van der Waals surface area contributed by atoms with Crippen LogP contribution in [0.2, 0.25) is 0 Å². The smallest absolute Gasteiger partial charge is 0.205 e. The standard InChI is InChI=1S/C13H8N2O2/c16-11-6-7-12(17)13-10(11)8-14-15(13)9-4-2-1-3-5-9/h1-8H. The van der Waals surface area contributed by atoms with E-state index in [1.54, 1.807) is 0 Å². The number of carbonyl (C=O) groups excluding carboxylic acids is 2. The van der Waals surface area contributed by atoms with Gasteiger partial charge in [-0.25, -0.2) is 4.68 Å². The lowest BCUT2D eigenvalue weighted by Gasteiger charge is -2.08. The maximum atomic E-state index is 11.8. The summed E-state index contributed by atoms with van der Waals surface area (Å²) in [4.78, 5) is 23.4.